The van der Waals surface area contributed by atoms with Crippen molar-refractivity contribution in [3.63, 3.8) is 0 Å². The molecule has 1 aromatic heterocycles. The van der Waals surface area contributed by atoms with Crippen molar-refractivity contribution >= 4 is 17.8 Å². The van der Waals surface area contributed by atoms with Crippen LogP contribution in [-0.4, -0.2) is 53.0 Å². The highest BCUT2D eigenvalue weighted by Gasteiger charge is 2.14. The van der Waals surface area contributed by atoms with E-state index < -0.39 is 5.97 Å². The van der Waals surface area contributed by atoms with E-state index in [9.17, 15) is 9.59 Å². The van der Waals surface area contributed by atoms with Crippen molar-refractivity contribution in [3.05, 3.63) is 17.5 Å². The topological polar surface area (TPSA) is 84.4 Å². The van der Waals surface area contributed by atoms with Gasteiger partial charge < -0.3 is 15.0 Å². The maximum Gasteiger partial charge on any atom is 0.341 e. The lowest BCUT2D eigenvalue weighted by Gasteiger charge is -2.18. The maximum absolute atomic E-state index is 11.9. The number of carbonyl (C=O) groups excluding carboxylic acids is 2. The Morgan fingerprint density at radius 1 is 1.29 bits per heavy atom. The molecule has 0 bridgehead atoms. The van der Waals surface area contributed by atoms with Crippen LogP contribution in [0.25, 0.3) is 0 Å². The number of aromatic nitrogens is 2. The number of likely N-dealkylation sites (N-methyl/N-ethyl adjacent to an activating group) is 1. The first-order valence-electron chi connectivity index (χ1n) is 7.05. The van der Waals surface area contributed by atoms with E-state index in [1.165, 1.54) is 6.20 Å². The lowest BCUT2D eigenvalue weighted by Crippen LogP contribution is -2.35. The van der Waals surface area contributed by atoms with E-state index in [4.69, 9.17) is 4.74 Å². The summed E-state index contributed by atoms with van der Waals surface area (Å²) in [6.45, 7) is 9.05. The van der Waals surface area contributed by atoms with Gasteiger partial charge in [-0.05, 0) is 27.7 Å². The molecule has 1 aromatic rings. The van der Waals surface area contributed by atoms with E-state index in [1.807, 2.05) is 13.8 Å². The molecule has 0 unspecified atom stereocenters. The highest BCUT2D eigenvalue weighted by atomic mass is 16.5. The monoisotopic (exact) mass is 294 g/mol. The Morgan fingerprint density at radius 2 is 1.95 bits per heavy atom. The van der Waals surface area contributed by atoms with Gasteiger partial charge in [-0.1, -0.05) is 0 Å². The number of esters is 1. The summed E-state index contributed by atoms with van der Waals surface area (Å²) in [6.07, 6.45) is 1.41. The summed E-state index contributed by atoms with van der Waals surface area (Å²) in [5.74, 6) is -0.141. The quantitative estimate of drug-likeness (QED) is 0.762. The van der Waals surface area contributed by atoms with Crippen LogP contribution in [0.15, 0.2) is 6.20 Å². The van der Waals surface area contributed by atoms with Gasteiger partial charge in [0.1, 0.15) is 0 Å². The number of amides is 1. The number of hydrogen-bond acceptors (Lipinski definition) is 6. The maximum atomic E-state index is 11.9. The van der Waals surface area contributed by atoms with Crippen molar-refractivity contribution in [1.82, 2.24) is 14.9 Å². The molecule has 0 spiro atoms. The molecule has 0 saturated heterocycles. The number of nitrogens with zero attached hydrogens (tertiary/aromatic N) is 3. The average Bonchev–Trinajstić information content (AvgIpc) is 2.46. The molecule has 7 nitrogen and oxygen atoms in total. The summed E-state index contributed by atoms with van der Waals surface area (Å²) < 4.78 is 4.91. The summed E-state index contributed by atoms with van der Waals surface area (Å²) in [4.78, 5) is 33.4. The molecule has 0 radical (unpaired) electrons. The van der Waals surface area contributed by atoms with Gasteiger partial charge in [0.05, 0.1) is 24.4 Å². The van der Waals surface area contributed by atoms with Crippen LogP contribution in [0.3, 0.4) is 0 Å². The summed E-state index contributed by atoms with van der Waals surface area (Å²) in [5, 5.41) is 2.87. The van der Waals surface area contributed by atoms with Crippen LogP contribution in [0.1, 0.15) is 36.8 Å². The first-order valence-corrected chi connectivity index (χ1v) is 7.05. The Morgan fingerprint density at radius 3 is 2.48 bits per heavy atom. The van der Waals surface area contributed by atoms with Gasteiger partial charge in [-0.25, -0.2) is 14.8 Å². The van der Waals surface area contributed by atoms with Gasteiger partial charge in [0, 0.05) is 19.3 Å². The van der Waals surface area contributed by atoms with Crippen molar-refractivity contribution < 1.29 is 14.3 Å². The second-order valence-electron chi connectivity index (χ2n) is 4.33. The van der Waals surface area contributed by atoms with Crippen LogP contribution < -0.4 is 5.32 Å². The first kappa shape index (κ1) is 16.9. The number of anilines is 1. The second-order valence-corrected chi connectivity index (χ2v) is 4.33. The molecule has 0 aliphatic heterocycles. The molecule has 1 N–H and O–H groups in total. The molecule has 1 amide bonds. The summed E-state index contributed by atoms with van der Waals surface area (Å²) in [7, 11) is 0. The van der Waals surface area contributed by atoms with E-state index in [2.05, 4.69) is 15.3 Å². The number of hydrogen-bond donors (Lipinski definition) is 1. The third-order valence-corrected chi connectivity index (χ3v) is 2.99. The van der Waals surface area contributed by atoms with Crippen molar-refractivity contribution in [2.45, 2.75) is 27.7 Å². The summed E-state index contributed by atoms with van der Waals surface area (Å²) in [5.41, 5.74) is 0.846. The molecule has 0 aromatic carbocycles. The molecule has 1 rings (SSSR count). The fourth-order valence-corrected chi connectivity index (χ4v) is 1.80. The molecule has 21 heavy (non-hydrogen) atoms. The molecule has 116 valence electrons. The molecule has 1 heterocycles. The van der Waals surface area contributed by atoms with E-state index in [1.54, 1.807) is 18.7 Å². The van der Waals surface area contributed by atoms with Gasteiger partial charge in [-0.3, -0.25) is 4.79 Å². The molecule has 0 fully saturated rings. The van der Waals surface area contributed by atoms with E-state index >= 15 is 0 Å². The summed E-state index contributed by atoms with van der Waals surface area (Å²) in [6, 6.07) is 0. The Hall–Kier alpha value is -2.18. The third-order valence-electron chi connectivity index (χ3n) is 2.99. The zero-order chi connectivity index (χ0) is 15.8. The number of rotatable bonds is 7. The number of nitrogens with one attached hydrogen (secondary N) is 1. The zero-order valence-corrected chi connectivity index (χ0v) is 13.0. The van der Waals surface area contributed by atoms with Gasteiger partial charge in [-0.15, -0.1) is 0 Å². The van der Waals surface area contributed by atoms with Crippen LogP contribution in [0.4, 0.5) is 5.95 Å². The largest absolute Gasteiger partial charge is 0.462 e. The van der Waals surface area contributed by atoms with Crippen molar-refractivity contribution in [2.24, 2.45) is 0 Å². The van der Waals surface area contributed by atoms with Gasteiger partial charge in [0.25, 0.3) is 0 Å². The van der Waals surface area contributed by atoms with Gasteiger partial charge in [0.15, 0.2) is 0 Å². The van der Waals surface area contributed by atoms with Crippen LogP contribution in [0, 0.1) is 6.92 Å². The smallest absolute Gasteiger partial charge is 0.341 e. The van der Waals surface area contributed by atoms with Crippen LogP contribution in [0.2, 0.25) is 0 Å². The minimum Gasteiger partial charge on any atom is -0.462 e. The predicted molar refractivity (Wildman–Crippen MR) is 79.1 cm³/mol. The average molecular weight is 294 g/mol. The Kier molecular flexibility index (Phi) is 6.58. The zero-order valence-electron chi connectivity index (χ0n) is 13.0. The van der Waals surface area contributed by atoms with Crippen LogP contribution in [-0.2, 0) is 9.53 Å². The van der Waals surface area contributed by atoms with Crippen molar-refractivity contribution in [3.8, 4) is 0 Å². The Balaban J connectivity index is 2.68. The summed E-state index contributed by atoms with van der Waals surface area (Å²) >= 11 is 0. The van der Waals surface area contributed by atoms with E-state index in [0.717, 1.165) is 0 Å². The normalized spacial score (nSPS) is 10.1. The molecular weight excluding hydrogens is 272 g/mol. The molecule has 7 heteroatoms. The van der Waals surface area contributed by atoms with E-state index in [0.29, 0.717) is 36.9 Å². The van der Waals surface area contributed by atoms with Gasteiger partial charge in [0.2, 0.25) is 11.9 Å². The van der Waals surface area contributed by atoms with Crippen LogP contribution >= 0.6 is 0 Å². The van der Waals surface area contributed by atoms with E-state index in [-0.39, 0.29) is 12.5 Å². The standard InChI is InChI=1S/C14H22N4O3/c1-5-18(6-2)12(19)9-16-14-15-8-11(10(4)17-14)13(20)21-7-3/h8H,5-7,9H2,1-4H3,(H,15,16,17). The van der Waals surface area contributed by atoms with Crippen LogP contribution in [0.5, 0.6) is 0 Å². The van der Waals surface area contributed by atoms with Crippen molar-refractivity contribution in [1.29, 1.82) is 0 Å². The number of carbonyl (C=O) groups is 2. The predicted octanol–water partition coefficient (Wildman–Crippen LogP) is 1.24. The second kappa shape index (κ2) is 8.18. The first-order chi connectivity index (χ1) is 10.0. The molecule has 0 saturated carbocycles. The fraction of sp³-hybridized carbons (Fsp3) is 0.571. The van der Waals surface area contributed by atoms with Crippen molar-refractivity contribution in [2.75, 3.05) is 31.6 Å². The molecule has 0 atom stereocenters. The van der Waals surface area contributed by atoms with Gasteiger partial charge >= 0.3 is 5.97 Å². The molecule has 0 aliphatic rings. The van der Waals surface area contributed by atoms with Gasteiger partial charge in [-0.2, -0.15) is 0 Å². The minimum atomic E-state index is -0.444. The SMILES string of the molecule is CCOC(=O)c1cnc(NCC(=O)N(CC)CC)nc1C. The minimum absolute atomic E-state index is 0.0178. The lowest BCUT2D eigenvalue weighted by atomic mass is 10.2. The lowest BCUT2D eigenvalue weighted by molar-refractivity contribution is -0.128. The Labute approximate surface area is 124 Å². The molecular formula is C14H22N4O3. The fourth-order valence-electron chi connectivity index (χ4n) is 1.80. The number of ether oxygens (including phenoxy) is 1. The highest BCUT2D eigenvalue weighted by molar-refractivity contribution is 5.90. The molecule has 0 aliphatic carbocycles. The highest BCUT2D eigenvalue weighted by Crippen LogP contribution is 2.08. The third kappa shape index (κ3) is 4.70. The number of aryl methyl sites for hydroxylation is 1. The Bertz CT molecular complexity index is 501.